The molecule has 3 rings (SSSR count). The molecule has 1 atom stereocenters. The van der Waals surface area contributed by atoms with Crippen LogP contribution in [0.3, 0.4) is 0 Å². The molecule has 1 unspecified atom stereocenters. The van der Waals surface area contributed by atoms with E-state index in [0.29, 0.717) is 0 Å². The highest BCUT2D eigenvalue weighted by Crippen LogP contribution is 2.33. The molecular weight excluding hydrogens is 258 g/mol. The third kappa shape index (κ3) is 1.94. The molecule has 0 amide bonds. The molecule has 0 aliphatic carbocycles. The van der Waals surface area contributed by atoms with Crippen LogP contribution in [0, 0.1) is 0 Å². The van der Waals surface area contributed by atoms with Gasteiger partial charge in [0, 0.05) is 24.1 Å². The second kappa shape index (κ2) is 4.55. The Morgan fingerprint density at radius 3 is 2.79 bits per heavy atom. The molecule has 3 aromatic rings. The van der Waals surface area contributed by atoms with Gasteiger partial charge in [-0.3, -0.25) is 4.79 Å². The van der Waals surface area contributed by atoms with E-state index in [2.05, 4.69) is 0 Å². The van der Waals surface area contributed by atoms with E-state index in [1.54, 1.807) is 0 Å². The van der Waals surface area contributed by atoms with Crippen LogP contribution in [0.25, 0.3) is 10.9 Å². The number of thiophene rings is 1. The Morgan fingerprint density at radius 2 is 2.11 bits per heavy atom. The normalized spacial score (nSPS) is 12.7. The first-order chi connectivity index (χ1) is 9.18. The number of carboxylic acid groups (broad SMARTS) is 1. The second-order valence-corrected chi connectivity index (χ2v) is 5.32. The van der Waals surface area contributed by atoms with Crippen molar-refractivity contribution in [2.45, 2.75) is 5.92 Å². The highest BCUT2D eigenvalue weighted by molar-refractivity contribution is 7.08. The fourth-order valence-electron chi connectivity index (χ4n) is 2.50. The van der Waals surface area contributed by atoms with Gasteiger partial charge in [0.2, 0.25) is 0 Å². The number of rotatable bonds is 3. The first-order valence-corrected chi connectivity index (χ1v) is 6.91. The molecule has 3 nitrogen and oxygen atoms in total. The van der Waals surface area contributed by atoms with Crippen LogP contribution >= 0.6 is 11.3 Å². The highest BCUT2D eigenvalue weighted by atomic mass is 32.1. The largest absolute Gasteiger partial charge is 0.481 e. The Hall–Kier alpha value is -2.07. The summed E-state index contributed by atoms with van der Waals surface area (Å²) in [6.45, 7) is 0. The van der Waals surface area contributed by atoms with Crippen LogP contribution in [0.2, 0.25) is 0 Å². The smallest absolute Gasteiger partial charge is 0.315 e. The predicted octanol–water partition coefficient (Wildman–Crippen LogP) is 3.46. The van der Waals surface area contributed by atoms with E-state index in [0.717, 1.165) is 22.0 Å². The fourth-order valence-corrected chi connectivity index (χ4v) is 3.18. The number of carbonyl (C=O) groups is 1. The molecule has 2 aromatic heterocycles. The lowest BCUT2D eigenvalue weighted by Gasteiger charge is -2.09. The van der Waals surface area contributed by atoms with E-state index in [1.165, 1.54) is 11.3 Å². The summed E-state index contributed by atoms with van der Waals surface area (Å²) in [6.07, 6.45) is 1.92. The van der Waals surface area contributed by atoms with Crippen LogP contribution in [0.4, 0.5) is 0 Å². The van der Waals surface area contributed by atoms with Gasteiger partial charge in [-0.15, -0.1) is 0 Å². The minimum atomic E-state index is -0.810. The minimum absolute atomic E-state index is 0.600. The Labute approximate surface area is 114 Å². The molecule has 96 valence electrons. The average molecular weight is 271 g/mol. The molecule has 19 heavy (non-hydrogen) atoms. The summed E-state index contributed by atoms with van der Waals surface area (Å²) in [5.41, 5.74) is 2.75. The third-order valence-corrected chi connectivity index (χ3v) is 4.06. The van der Waals surface area contributed by atoms with Gasteiger partial charge in [0.25, 0.3) is 0 Å². The molecule has 2 heterocycles. The third-order valence-electron chi connectivity index (χ3n) is 3.36. The SMILES string of the molecule is Cn1cc(C(C(=O)O)c2ccsc2)c2ccccc21. The first kappa shape index (κ1) is 12.0. The predicted molar refractivity (Wildman–Crippen MR) is 76.7 cm³/mol. The summed E-state index contributed by atoms with van der Waals surface area (Å²) in [7, 11) is 1.94. The number of aliphatic carboxylic acids is 1. The second-order valence-electron chi connectivity index (χ2n) is 4.54. The average Bonchev–Trinajstić information content (AvgIpc) is 3.00. The summed E-state index contributed by atoms with van der Waals surface area (Å²) < 4.78 is 1.98. The summed E-state index contributed by atoms with van der Waals surface area (Å²) >= 11 is 1.52. The lowest BCUT2D eigenvalue weighted by Crippen LogP contribution is -2.11. The van der Waals surface area contributed by atoms with Crippen molar-refractivity contribution in [1.82, 2.24) is 4.57 Å². The van der Waals surface area contributed by atoms with E-state index in [9.17, 15) is 9.90 Å². The van der Waals surface area contributed by atoms with Crippen molar-refractivity contribution >= 4 is 28.2 Å². The highest BCUT2D eigenvalue weighted by Gasteiger charge is 2.25. The molecule has 4 heteroatoms. The minimum Gasteiger partial charge on any atom is -0.481 e. The number of hydrogen-bond donors (Lipinski definition) is 1. The number of hydrogen-bond acceptors (Lipinski definition) is 2. The Bertz CT molecular complexity index is 728. The van der Waals surface area contributed by atoms with Crippen LogP contribution in [0.15, 0.2) is 47.3 Å². The van der Waals surface area contributed by atoms with Crippen LogP contribution in [-0.2, 0) is 11.8 Å². The van der Waals surface area contributed by atoms with E-state index in [-0.39, 0.29) is 0 Å². The Morgan fingerprint density at radius 1 is 1.32 bits per heavy atom. The quantitative estimate of drug-likeness (QED) is 0.792. The number of fused-ring (bicyclic) bond motifs is 1. The molecule has 0 radical (unpaired) electrons. The maximum Gasteiger partial charge on any atom is 0.315 e. The molecule has 1 aromatic carbocycles. The number of benzene rings is 1. The molecule has 0 bridgehead atoms. The molecule has 1 N–H and O–H groups in total. The zero-order valence-electron chi connectivity index (χ0n) is 10.4. The van der Waals surface area contributed by atoms with Gasteiger partial charge in [-0.1, -0.05) is 18.2 Å². The van der Waals surface area contributed by atoms with Crippen molar-refractivity contribution in [3.63, 3.8) is 0 Å². The first-order valence-electron chi connectivity index (χ1n) is 5.97. The van der Waals surface area contributed by atoms with Crippen LogP contribution in [0.1, 0.15) is 17.0 Å². The topological polar surface area (TPSA) is 42.2 Å². The standard InChI is InChI=1S/C15H13NO2S/c1-16-8-12(11-4-2-3-5-13(11)16)14(15(17)18)10-6-7-19-9-10/h2-9,14H,1H3,(H,17,18). The van der Waals surface area contributed by atoms with E-state index < -0.39 is 11.9 Å². The summed E-state index contributed by atoms with van der Waals surface area (Å²) in [4.78, 5) is 11.6. The van der Waals surface area contributed by atoms with E-state index in [4.69, 9.17) is 0 Å². The van der Waals surface area contributed by atoms with Crippen LogP contribution in [-0.4, -0.2) is 15.6 Å². The van der Waals surface area contributed by atoms with Crippen molar-refractivity contribution in [3.05, 3.63) is 58.4 Å². The Kier molecular flexibility index (Phi) is 2.87. The van der Waals surface area contributed by atoms with E-state index in [1.807, 2.05) is 58.9 Å². The number of nitrogens with zero attached hydrogens (tertiary/aromatic N) is 1. The van der Waals surface area contributed by atoms with Gasteiger partial charge in [-0.25, -0.2) is 0 Å². The maximum atomic E-state index is 11.6. The number of para-hydroxylation sites is 1. The lowest BCUT2D eigenvalue weighted by molar-refractivity contribution is -0.137. The van der Waals surface area contributed by atoms with Crippen LogP contribution < -0.4 is 0 Å². The summed E-state index contributed by atoms with van der Waals surface area (Å²) in [6, 6.07) is 9.77. The number of aryl methyl sites for hydroxylation is 1. The van der Waals surface area contributed by atoms with Gasteiger partial charge in [0.1, 0.15) is 5.92 Å². The summed E-state index contributed by atoms with van der Waals surface area (Å²) in [5, 5.41) is 14.4. The van der Waals surface area contributed by atoms with Gasteiger partial charge >= 0.3 is 5.97 Å². The molecule has 0 saturated heterocycles. The van der Waals surface area contributed by atoms with Crippen molar-refractivity contribution in [2.24, 2.45) is 7.05 Å². The fraction of sp³-hybridized carbons (Fsp3) is 0.133. The zero-order chi connectivity index (χ0) is 13.4. The lowest BCUT2D eigenvalue weighted by atomic mass is 9.93. The van der Waals surface area contributed by atoms with Crippen molar-refractivity contribution in [1.29, 1.82) is 0 Å². The van der Waals surface area contributed by atoms with Gasteiger partial charge in [-0.2, -0.15) is 11.3 Å². The molecular formula is C15H13NO2S. The summed E-state index contributed by atoms with van der Waals surface area (Å²) in [5.74, 6) is -1.41. The van der Waals surface area contributed by atoms with Crippen molar-refractivity contribution in [3.8, 4) is 0 Å². The monoisotopic (exact) mass is 271 g/mol. The van der Waals surface area contributed by atoms with Gasteiger partial charge in [0.15, 0.2) is 0 Å². The van der Waals surface area contributed by atoms with E-state index >= 15 is 0 Å². The number of aromatic nitrogens is 1. The molecule has 0 fully saturated rings. The molecule has 0 saturated carbocycles. The zero-order valence-corrected chi connectivity index (χ0v) is 11.2. The maximum absolute atomic E-state index is 11.6. The molecule has 0 aliphatic rings. The molecule has 0 spiro atoms. The van der Waals surface area contributed by atoms with Gasteiger partial charge in [-0.05, 0) is 34.0 Å². The number of carboxylic acids is 1. The Balaban J connectivity index is 2.24. The van der Waals surface area contributed by atoms with Crippen LogP contribution in [0.5, 0.6) is 0 Å². The molecule has 0 aliphatic heterocycles. The van der Waals surface area contributed by atoms with Gasteiger partial charge < -0.3 is 9.67 Å². The van der Waals surface area contributed by atoms with Crippen molar-refractivity contribution < 1.29 is 9.90 Å². The van der Waals surface area contributed by atoms with Gasteiger partial charge in [0.05, 0.1) is 0 Å². The van der Waals surface area contributed by atoms with Crippen molar-refractivity contribution in [2.75, 3.05) is 0 Å².